The summed E-state index contributed by atoms with van der Waals surface area (Å²) in [5.41, 5.74) is 2.43. The maximum Gasteiger partial charge on any atom is 0.337 e. The van der Waals surface area contributed by atoms with Crippen LogP contribution in [0.2, 0.25) is 0 Å². The molecular formula is C19H24N4O3. The first-order chi connectivity index (χ1) is 12.7. The lowest BCUT2D eigenvalue weighted by molar-refractivity contribution is 0.0696. The molecule has 7 heteroatoms. The molecule has 1 saturated heterocycles. The predicted octanol–water partition coefficient (Wildman–Crippen LogP) is 2.14. The summed E-state index contributed by atoms with van der Waals surface area (Å²) in [4.78, 5) is 26.4. The average molecular weight is 356 g/mol. The van der Waals surface area contributed by atoms with E-state index < -0.39 is 5.97 Å². The molecule has 1 fully saturated rings. The fourth-order valence-electron chi connectivity index (χ4n) is 3.24. The molecule has 0 unspecified atom stereocenters. The van der Waals surface area contributed by atoms with E-state index in [1.165, 1.54) is 6.20 Å². The summed E-state index contributed by atoms with van der Waals surface area (Å²) in [7, 11) is 1.74. The molecule has 0 aromatic carbocycles. The Morgan fingerprint density at radius 1 is 1.23 bits per heavy atom. The molecule has 0 spiro atoms. The van der Waals surface area contributed by atoms with Gasteiger partial charge in [0.05, 0.1) is 29.8 Å². The lowest BCUT2D eigenvalue weighted by Crippen LogP contribution is -2.36. The monoisotopic (exact) mass is 356 g/mol. The number of pyridine rings is 1. The van der Waals surface area contributed by atoms with Crippen molar-refractivity contribution in [2.24, 2.45) is 5.92 Å². The second-order valence-corrected chi connectivity index (χ2v) is 6.64. The van der Waals surface area contributed by atoms with Crippen molar-refractivity contribution in [2.45, 2.75) is 19.3 Å². The van der Waals surface area contributed by atoms with Crippen molar-refractivity contribution in [1.29, 1.82) is 0 Å². The number of ether oxygens (including phenoxy) is 1. The van der Waals surface area contributed by atoms with E-state index in [-0.39, 0.29) is 5.56 Å². The molecule has 0 saturated carbocycles. The lowest BCUT2D eigenvalue weighted by atomic mass is 9.92. The Balaban J connectivity index is 1.57. The minimum atomic E-state index is -0.999. The summed E-state index contributed by atoms with van der Waals surface area (Å²) in [6, 6.07) is 1.56. The molecule has 3 rings (SSSR count). The molecule has 2 aromatic heterocycles. The van der Waals surface area contributed by atoms with Crippen molar-refractivity contribution in [3.05, 3.63) is 42.1 Å². The average Bonchev–Trinajstić information content (AvgIpc) is 2.68. The quantitative estimate of drug-likeness (QED) is 0.813. The summed E-state index contributed by atoms with van der Waals surface area (Å²) in [6.45, 7) is 4.00. The van der Waals surface area contributed by atoms with Crippen LogP contribution in [-0.4, -0.2) is 64.3 Å². The van der Waals surface area contributed by atoms with E-state index in [0.717, 1.165) is 51.2 Å². The molecule has 0 atom stereocenters. The smallest absolute Gasteiger partial charge is 0.337 e. The maximum atomic E-state index is 11.1. The molecule has 3 heterocycles. The van der Waals surface area contributed by atoms with Gasteiger partial charge in [-0.2, -0.15) is 0 Å². The van der Waals surface area contributed by atoms with E-state index in [9.17, 15) is 4.79 Å². The molecule has 26 heavy (non-hydrogen) atoms. The first-order valence-electron chi connectivity index (χ1n) is 8.86. The topological polar surface area (TPSA) is 88.4 Å². The minimum absolute atomic E-state index is 0.147. The first kappa shape index (κ1) is 18.4. The van der Waals surface area contributed by atoms with Gasteiger partial charge in [0.25, 0.3) is 0 Å². The van der Waals surface area contributed by atoms with Crippen LogP contribution >= 0.6 is 0 Å². The lowest BCUT2D eigenvalue weighted by Gasteiger charge is -2.31. The van der Waals surface area contributed by atoms with Crippen molar-refractivity contribution in [2.75, 3.05) is 33.4 Å². The number of carbonyl (C=O) groups is 1. The van der Waals surface area contributed by atoms with Gasteiger partial charge in [-0.1, -0.05) is 0 Å². The summed E-state index contributed by atoms with van der Waals surface area (Å²) >= 11 is 0. The number of nitrogens with zero attached hydrogens (tertiary/aromatic N) is 4. The van der Waals surface area contributed by atoms with Gasteiger partial charge in [-0.3, -0.25) is 15.0 Å². The van der Waals surface area contributed by atoms with Gasteiger partial charge < -0.3 is 14.7 Å². The zero-order valence-electron chi connectivity index (χ0n) is 15.0. The third-order valence-corrected chi connectivity index (χ3v) is 4.80. The fourth-order valence-corrected chi connectivity index (χ4v) is 3.24. The highest BCUT2D eigenvalue weighted by Crippen LogP contribution is 2.22. The van der Waals surface area contributed by atoms with E-state index in [0.29, 0.717) is 17.2 Å². The molecule has 0 aliphatic carbocycles. The van der Waals surface area contributed by atoms with Crippen LogP contribution in [0.25, 0.3) is 11.3 Å². The molecule has 7 nitrogen and oxygen atoms in total. The number of piperidine rings is 1. The van der Waals surface area contributed by atoms with Gasteiger partial charge in [-0.15, -0.1) is 0 Å². The molecule has 1 N–H and O–H groups in total. The Morgan fingerprint density at radius 3 is 2.69 bits per heavy atom. The number of aromatic carboxylic acids is 1. The van der Waals surface area contributed by atoms with Gasteiger partial charge >= 0.3 is 5.97 Å². The van der Waals surface area contributed by atoms with Crippen molar-refractivity contribution in [3.8, 4) is 11.3 Å². The number of aromatic nitrogens is 3. The summed E-state index contributed by atoms with van der Waals surface area (Å²) < 4.78 is 5.14. The van der Waals surface area contributed by atoms with Crippen LogP contribution in [0.3, 0.4) is 0 Å². The van der Waals surface area contributed by atoms with Crippen LogP contribution < -0.4 is 0 Å². The molecule has 1 aliphatic rings. The number of methoxy groups -OCH3 is 1. The van der Waals surface area contributed by atoms with E-state index >= 15 is 0 Å². The molecule has 0 amide bonds. The number of likely N-dealkylation sites (tertiary alicyclic amines) is 1. The summed E-state index contributed by atoms with van der Waals surface area (Å²) in [6.07, 6.45) is 9.68. The Bertz CT molecular complexity index is 728. The highest BCUT2D eigenvalue weighted by Gasteiger charge is 2.19. The van der Waals surface area contributed by atoms with Crippen molar-refractivity contribution in [3.63, 3.8) is 0 Å². The number of rotatable bonds is 7. The van der Waals surface area contributed by atoms with Gasteiger partial charge in [-0.05, 0) is 44.3 Å². The Hall–Kier alpha value is -2.38. The molecule has 0 bridgehead atoms. The SMILES string of the molecule is COCCN1CCC(Cc2cnc(-c3cncc(C(=O)O)c3)cn2)CC1. The van der Waals surface area contributed by atoms with Crippen LogP contribution in [0.5, 0.6) is 0 Å². The highest BCUT2D eigenvalue weighted by molar-refractivity contribution is 5.88. The fraction of sp³-hybridized carbons (Fsp3) is 0.474. The number of hydrogen-bond donors (Lipinski definition) is 1. The second kappa shape index (κ2) is 8.82. The van der Waals surface area contributed by atoms with Gasteiger partial charge in [0.1, 0.15) is 0 Å². The third kappa shape index (κ3) is 4.83. The minimum Gasteiger partial charge on any atom is -0.478 e. The zero-order chi connectivity index (χ0) is 18.4. The molecule has 138 valence electrons. The van der Waals surface area contributed by atoms with Crippen molar-refractivity contribution >= 4 is 5.97 Å². The molecule has 0 radical (unpaired) electrons. The van der Waals surface area contributed by atoms with Crippen LogP contribution in [0, 0.1) is 5.92 Å². The van der Waals surface area contributed by atoms with Crippen LogP contribution in [0.15, 0.2) is 30.9 Å². The molecular weight excluding hydrogens is 332 g/mol. The first-order valence-corrected chi connectivity index (χ1v) is 8.86. The standard InChI is InChI=1S/C19H24N4O3/c1-26-7-6-23-4-2-14(3-5-23)8-17-12-22-18(13-21-17)15-9-16(19(24)25)11-20-10-15/h9-14H,2-8H2,1H3,(H,24,25). The Morgan fingerprint density at radius 2 is 2.04 bits per heavy atom. The van der Waals surface area contributed by atoms with E-state index in [2.05, 4.69) is 19.9 Å². The largest absolute Gasteiger partial charge is 0.478 e. The summed E-state index contributed by atoms with van der Waals surface area (Å²) in [5, 5.41) is 9.06. The van der Waals surface area contributed by atoms with Gasteiger partial charge in [-0.25, -0.2) is 4.79 Å². The van der Waals surface area contributed by atoms with Crippen molar-refractivity contribution < 1.29 is 14.6 Å². The van der Waals surface area contributed by atoms with E-state index in [1.54, 1.807) is 31.8 Å². The number of carboxylic acids is 1. The number of hydrogen-bond acceptors (Lipinski definition) is 6. The second-order valence-electron chi connectivity index (χ2n) is 6.64. The Labute approximate surface area is 153 Å². The van der Waals surface area contributed by atoms with Gasteiger partial charge in [0.15, 0.2) is 0 Å². The van der Waals surface area contributed by atoms with Crippen LogP contribution in [0.1, 0.15) is 28.9 Å². The normalized spacial score (nSPS) is 15.9. The molecule has 2 aromatic rings. The third-order valence-electron chi connectivity index (χ3n) is 4.80. The van der Waals surface area contributed by atoms with E-state index in [4.69, 9.17) is 9.84 Å². The van der Waals surface area contributed by atoms with Crippen molar-refractivity contribution in [1.82, 2.24) is 19.9 Å². The maximum absolute atomic E-state index is 11.1. The summed E-state index contributed by atoms with van der Waals surface area (Å²) in [5.74, 6) is -0.369. The van der Waals surface area contributed by atoms with E-state index in [1.807, 2.05) is 0 Å². The Kier molecular flexibility index (Phi) is 6.25. The predicted molar refractivity (Wildman–Crippen MR) is 97.0 cm³/mol. The highest BCUT2D eigenvalue weighted by atomic mass is 16.5. The van der Waals surface area contributed by atoms with Crippen LogP contribution in [-0.2, 0) is 11.2 Å². The van der Waals surface area contributed by atoms with Gasteiger partial charge in [0, 0.05) is 37.8 Å². The van der Waals surface area contributed by atoms with Gasteiger partial charge in [0.2, 0.25) is 0 Å². The zero-order valence-corrected chi connectivity index (χ0v) is 15.0. The van der Waals surface area contributed by atoms with Crippen LogP contribution in [0.4, 0.5) is 0 Å². The number of carboxylic acid groups (broad SMARTS) is 1. The molecule has 1 aliphatic heterocycles.